The number of benzene rings is 1. The van der Waals surface area contributed by atoms with E-state index in [9.17, 15) is 4.79 Å². The van der Waals surface area contributed by atoms with E-state index in [0.29, 0.717) is 11.5 Å². The Bertz CT molecular complexity index is 941. The Balaban J connectivity index is 2.07. The summed E-state index contributed by atoms with van der Waals surface area (Å²) in [5, 5.41) is 17.6. The minimum atomic E-state index is -0.986. The fourth-order valence-corrected chi connectivity index (χ4v) is 2.44. The summed E-state index contributed by atoms with van der Waals surface area (Å²) < 4.78 is 1.90. The highest BCUT2D eigenvalue weighted by molar-refractivity contribution is 5.88. The van der Waals surface area contributed by atoms with E-state index in [1.807, 2.05) is 29.7 Å². The molecule has 24 heavy (non-hydrogen) atoms. The van der Waals surface area contributed by atoms with Gasteiger partial charge in [0, 0.05) is 6.20 Å². The van der Waals surface area contributed by atoms with Crippen LogP contribution in [0, 0.1) is 6.92 Å². The van der Waals surface area contributed by atoms with Crippen molar-refractivity contribution in [3.8, 4) is 0 Å². The van der Waals surface area contributed by atoms with Gasteiger partial charge < -0.3 is 5.11 Å². The van der Waals surface area contributed by atoms with Crippen molar-refractivity contribution >= 4 is 23.1 Å². The van der Waals surface area contributed by atoms with Crippen LogP contribution in [-0.4, -0.2) is 20.5 Å². The van der Waals surface area contributed by atoms with Crippen molar-refractivity contribution in [3.63, 3.8) is 0 Å². The Morgan fingerprint density at radius 1 is 1.21 bits per heavy atom. The van der Waals surface area contributed by atoms with E-state index < -0.39 is 5.97 Å². The van der Waals surface area contributed by atoms with E-state index >= 15 is 0 Å². The number of carbonyl (C=O) groups is 1. The lowest BCUT2D eigenvalue weighted by Crippen LogP contribution is -1.94. The van der Waals surface area contributed by atoms with Gasteiger partial charge in [-0.2, -0.15) is 0 Å². The van der Waals surface area contributed by atoms with E-state index in [1.165, 1.54) is 12.1 Å². The Morgan fingerprint density at radius 2 is 2.00 bits per heavy atom. The molecule has 0 aliphatic carbocycles. The molecule has 6 heteroatoms. The zero-order chi connectivity index (χ0) is 17.3. The smallest absolute Gasteiger partial charge is 0.335 e. The highest BCUT2D eigenvalue weighted by Crippen LogP contribution is 2.29. The van der Waals surface area contributed by atoms with Crippen LogP contribution in [0.3, 0.4) is 0 Å². The minimum Gasteiger partial charge on any atom is -0.478 e. The van der Waals surface area contributed by atoms with Crippen LogP contribution in [0.15, 0.2) is 52.8 Å². The van der Waals surface area contributed by atoms with Crippen molar-refractivity contribution < 1.29 is 9.90 Å². The molecule has 0 saturated carbocycles. The fraction of sp³-hybridized carbons (Fsp3) is 0.222. The van der Waals surface area contributed by atoms with Crippen molar-refractivity contribution in [2.75, 3.05) is 0 Å². The molecule has 0 aliphatic heterocycles. The summed E-state index contributed by atoms with van der Waals surface area (Å²) >= 11 is 0. The number of azo groups is 1. The predicted molar refractivity (Wildman–Crippen MR) is 91.6 cm³/mol. The molecule has 0 bridgehead atoms. The zero-order valence-corrected chi connectivity index (χ0v) is 13.8. The number of rotatable bonds is 4. The summed E-state index contributed by atoms with van der Waals surface area (Å²) in [6.07, 6.45) is 1.92. The largest absolute Gasteiger partial charge is 0.478 e. The van der Waals surface area contributed by atoms with Gasteiger partial charge in [-0.15, -0.1) is 10.2 Å². The van der Waals surface area contributed by atoms with Crippen LogP contribution in [0.1, 0.15) is 41.4 Å². The first-order valence-electron chi connectivity index (χ1n) is 7.69. The monoisotopic (exact) mass is 322 g/mol. The summed E-state index contributed by atoms with van der Waals surface area (Å²) in [6, 6.07) is 10.4. The molecule has 0 amide bonds. The molecule has 0 fully saturated rings. The normalized spacial score (nSPS) is 11.7. The van der Waals surface area contributed by atoms with E-state index in [4.69, 9.17) is 5.11 Å². The predicted octanol–water partition coefficient (Wildman–Crippen LogP) is 4.88. The van der Waals surface area contributed by atoms with Gasteiger partial charge in [0.2, 0.25) is 0 Å². The highest BCUT2D eigenvalue weighted by atomic mass is 16.4. The molecule has 0 saturated heterocycles. The van der Waals surface area contributed by atoms with E-state index in [1.54, 1.807) is 12.1 Å². The van der Waals surface area contributed by atoms with Gasteiger partial charge in [-0.05, 0) is 48.7 Å². The molecule has 1 N–H and O–H groups in total. The number of hydrogen-bond donors (Lipinski definition) is 1. The van der Waals surface area contributed by atoms with Gasteiger partial charge in [-0.25, -0.2) is 9.78 Å². The van der Waals surface area contributed by atoms with Crippen LogP contribution >= 0.6 is 0 Å². The molecule has 0 aliphatic rings. The Labute approximate surface area is 139 Å². The van der Waals surface area contributed by atoms with Gasteiger partial charge in [0.1, 0.15) is 5.65 Å². The van der Waals surface area contributed by atoms with E-state index in [-0.39, 0.29) is 11.5 Å². The number of imidazole rings is 1. The average molecular weight is 322 g/mol. The molecular weight excluding hydrogens is 304 g/mol. The molecule has 0 spiro atoms. The molecular formula is C18H18N4O2. The van der Waals surface area contributed by atoms with Crippen molar-refractivity contribution in [2.45, 2.75) is 26.7 Å². The first-order valence-corrected chi connectivity index (χ1v) is 7.69. The summed E-state index contributed by atoms with van der Waals surface area (Å²) in [6.45, 7) is 6.12. The number of nitrogens with zero attached hydrogens (tertiary/aromatic N) is 4. The summed E-state index contributed by atoms with van der Waals surface area (Å²) in [7, 11) is 0. The maximum absolute atomic E-state index is 11.0. The Kier molecular flexibility index (Phi) is 4.12. The number of aromatic carboxylic acids is 1. The Hall–Kier alpha value is -3.02. The SMILES string of the molecule is Cc1ccn2c(N=Nc3cccc(C(=O)O)c3)c(C(C)C)nc2c1. The van der Waals surface area contributed by atoms with Gasteiger partial charge in [-0.1, -0.05) is 19.9 Å². The van der Waals surface area contributed by atoms with Crippen molar-refractivity contribution in [2.24, 2.45) is 10.2 Å². The van der Waals surface area contributed by atoms with Crippen molar-refractivity contribution in [3.05, 3.63) is 59.4 Å². The van der Waals surface area contributed by atoms with Crippen LogP contribution in [-0.2, 0) is 0 Å². The fourth-order valence-electron chi connectivity index (χ4n) is 2.44. The van der Waals surface area contributed by atoms with Crippen LogP contribution < -0.4 is 0 Å². The number of pyridine rings is 1. The molecule has 0 unspecified atom stereocenters. The minimum absolute atomic E-state index is 0.185. The van der Waals surface area contributed by atoms with Gasteiger partial charge >= 0.3 is 5.97 Å². The molecule has 3 aromatic rings. The lowest BCUT2D eigenvalue weighted by atomic mass is 10.1. The van der Waals surface area contributed by atoms with E-state index in [0.717, 1.165) is 16.9 Å². The second-order valence-corrected chi connectivity index (χ2v) is 5.96. The third-order valence-corrected chi connectivity index (χ3v) is 3.68. The van der Waals surface area contributed by atoms with Crippen LogP contribution in [0.2, 0.25) is 0 Å². The zero-order valence-electron chi connectivity index (χ0n) is 13.8. The summed E-state index contributed by atoms with van der Waals surface area (Å²) in [4.78, 5) is 15.7. The van der Waals surface area contributed by atoms with Gasteiger partial charge in [0.25, 0.3) is 0 Å². The number of hydrogen-bond acceptors (Lipinski definition) is 4. The first-order chi connectivity index (χ1) is 11.5. The molecule has 0 radical (unpaired) electrons. The highest BCUT2D eigenvalue weighted by Gasteiger charge is 2.15. The number of aryl methyl sites for hydroxylation is 1. The van der Waals surface area contributed by atoms with Crippen LogP contribution in [0.4, 0.5) is 11.5 Å². The number of carboxylic acids is 1. The lowest BCUT2D eigenvalue weighted by molar-refractivity contribution is 0.0697. The molecule has 2 heterocycles. The Morgan fingerprint density at radius 3 is 2.71 bits per heavy atom. The molecule has 6 nitrogen and oxygen atoms in total. The quantitative estimate of drug-likeness (QED) is 0.695. The third-order valence-electron chi connectivity index (χ3n) is 3.68. The second kappa shape index (κ2) is 6.23. The molecule has 1 aromatic carbocycles. The number of carboxylic acid groups (broad SMARTS) is 1. The van der Waals surface area contributed by atoms with Gasteiger partial charge in [-0.3, -0.25) is 4.40 Å². The van der Waals surface area contributed by atoms with Crippen LogP contribution in [0.5, 0.6) is 0 Å². The number of aromatic nitrogens is 2. The molecule has 0 atom stereocenters. The number of fused-ring (bicyclic) bond motifs is 1. The molecule has 2 aromatic heterocycles. The average Bonchev–Trinajstić information content (AvgIpc) is 2.91. The standard InChI is InChI=1S/C18H18N4O2/c1-11(2)16-17(22-8-7-12(3)9-15(22)19-16)21-20-14-6-4-5-13(10-14)18(23)24/h4-11H,1-3H3,(H,23,24). The second-order valence-electron chi connectivity index (χ2n) is 5.96. The lowest BCUT2D eigenvalue weighted by Gasteiger charge is -2.02. The third kappa shape index (κ3) is 3.03. The van der Waals surface area contributed by atoms with Crippen molar-refractivity contribution in [1.29, 1.82) is 0 Å². The summed E-state index contributed by atoms with van der Waals surface area (Å²) in [5.74, 6) is -0.120. The van der Waals surface area contributed by atoms with Crippen molar-refractivity contribution in [1.82, 2.24) is 9.38 Å². The summed E-state index contributed by atoms with van der Waals surface area (Å²) in [5.41, 5.74) is 3.49. The maximum atomic E-state index is 11.0. The first kappa shape index (κ1) is 15.9. The van der Waals surface area contributed by atoms with Gasteiger partial charge in [0.05, 0.1) is 16.9 Å². The molecule has 122 valence electrons. The van der Waals surface area contributed by atoms with Gasteiger partial charge in [0.15, 0.2) is 5.82 Å². The van der Waals surface area contributed by atoms with E-state index in [2.05, 4.69) is 29.1 Å². The molecule has 3 rings (SSSR count). The maximum Gasteiger partial charge on any atom is 0.335 e. The topological polar surface area (TPSA) is 79.3 Å². The van der Waals surface area contributed by atoms with Crippen LogP contribution in [0.25, 0.3) is 5.65 Å².